The Kier molecular flexibility index (Phi) is 5.22. The maximum Gasteiger partial charge on any atom is 0.123 e. The first-order chi connectivity index (χ1) is 9.93. The van der Waals surface area contributed by atoms with Crippen LogP contribution in [0.4, 0.5) is 10.1 Å². The minimum absolute atomic E-state index is 0.123. The van der Waals surface area contributed by atoms with Gasteiger partial charge >= 0.3 is 0 Å². The Hall–Kier alpha value is -1.13. The summed E-state index contributed by atoms with van der Waals surface area (Å²) < 4.78 is 13.6. The van der Waals surface area contributed by atoms with Crippen LogP contribution in [0.1, 0.15) is 51.6 Å². The highest BCUT2D eigenvalue weighted by molar-refractivity contribution is 5.55. The number of halogens is 1. The molecular formula is C17H27FN2O. The fraction of sp³-hybridized carbons (Fsp3) is 0.647. The molecule has 21 heavy (non-hydrogen) atoms. The number of hydrogen-bond donors (Lipinski definition) is 2. The second-order valence-electron chi connectivity index (χ2n) is 6.36. The van der Waals surface area contributed by atoms with E-state index >= 15 is 0 Å². The van der Waals surface area contributed by atoms with Gasteiger partial charge in [0.05, 0.1) is 5.60 Å². The lowest BCUT2D eigenvalue weighted by molar-refractivity contribution is 0.0351. The number of rotatable bonds is 5. The SMILES string of the molecule is CCCNC(C)c1cc(F)ccc1N1CCC(C)(O)CC1. The van der Waals surface area contributed by atoms with Crippen molar-refractivity contribution < 1.29 is 9.50 Å². The fourth-order valence-electron chi connectivity index (χ4n) is 2.86. The lowest BCUT2D eigenvalue weighted by Gasteiger charge is -2.38. The van der Waals surface area contributed by atoms with Crippen LogP contribution in [0.2, 0.25) is 0 Å². The van der Waals surface area contributed by atoms with Gasteiger partial charge in [-0.25, -0.2) is 4.39 Å². The molecule has 3 nitrogen and oxygen atoms in total. The van der Waals surface area contributed by atoms with Crippen molar-refractivity contribution in [3.8, 4) is 0 Å². The molecule has 0 amide bonds. The Bertz CT molecular complexity index is 466. The third-order valence-electron chi connectivity index (χ3n) is 4.34. The molecule has 0 aliphatic carbocycles. The second-order valence-corrected chi connectivity index (χ2v) is 6.36. The topological polar surface area (TPSA) is 35.5 Å². The number of benzene rings is 1. The summed E-state index contributed by atoms with van der Waals surface area (Å²) in [6.07, 6.45) is 2.56. The molecule has 1 aromatic carbocycles. The van der Waals surface area contributed by atoms with Gasteiger partial charge in [0, 0.05) is 24.8 Å². The Balaban J connectivity index is 2.19. The Morgan fingerprint density at radius 1 is 1.38 bits per heavy atom. The van der Waals surface area contributed by atoms with Crippen molar-refractivity contribution in [1.82, 2.24) is 5.32 Å². The molecule has 0 radical (unpaired) electrons. The number of anilines is 1. The van der Waals surface area contributed by atoms with Crippen molar-refractivity contribution in [2.45, 2.75) is 51.7 Å². The van der Waals surface area contributed by atoms with Crippen LogP contribution in [0.15, 0.2) is 18.2 Å². The van der Waals surface area contributed by atoms with Crippen molar-refractivity contribution in [1.29, 1.82) is 0 Å². The van der Waals surface area contributed by atoms with Gasteiger partial charge in [0.25, 0.3) is 0 Å². The van der Waals surface area contributed by atoms with E-state index < -0.39 is 5.60 Å². The van der Waals surface area contributed by atoms with Gasteiger partial charge in [0.15, 0.2) is 0 Å². The molecule has 0 saturated carbocycles. The van der Waals surface area contributed by atoms with Crippen LogP contribution in [0.25, 0.3) is 0 Å². The number of nitrogens with zero attached hydrogens (tertiary/aromatic N) is 1. The highest BCUT2D eigenvalue weighted by Gasteiger charge is 2.28. The number of piperidine rings is 1. The molecule has 1 saturated heterocycles. The smallest absolute Gasteiger partial charge is 0.123 e. The first-order valence-electron chi connectivity index (χ1n) is 7.93. The summed E-state index contributed by atoms with van der Waals surface area (Å²) in [5.74, 6) is -0.192. The zero-order valence-electron chi connectivity index (χ0n) is 13.3. The van der Waals surface area contributed by atoms with Gasteiger partial charge in [0.2, 0.25) is 0 Å². The largest absolute Gasteiger partial charge is 0.390 e. The molecular weight excluding hydrogens is 267 g/mol. The third-order valence-corrected chi connectivity index (χ3v) is 4.34. The molecule has 0 aromatic heterocycles. The van der Waals surface area contributed by atoms with Crippen molar-refractivity contribution in [2.75, 3.05) is 24.5 Å². The third kappa shape index (κ3) is 4.17. The molecule has 2 N–H and O–H groups in total. The lowest BCUT2D eigenvalue weighted by Crippen LogP contribution is -2.43. The van der Waals surface area contributed by atoms with E-state index in [-0.39, 0.29) is 11.9 Å². The van der Waals surface area contributed by atoms with Gasteiger partial charge in [-0.3, -0.25) is 0 Å². The Morgan fingerprint density at radius 2 is 2.05 bits per heavy atom. The summed E-state index contributed by atoms with van der Waals surface area (Å²) in [6, 6.07) is 5.15. The Labute approximate surface area is 127 Å². The maximum atomic E-state index is 13.6. The fourth-order valence-corrected chi connectivity index (χ4v) is 2.86. The van der Waals surface area contributed by atoms with E-state index in [1.807, 2.05) is 13.0 Å². The Morgan fingerprint density at radius 3 is 2.67 bits per heavy atom. The molecule has 1 fully saturated rings. The van der Waals surface area contributed by atoms with E-state index in [1.54, 1.807) is 6.07 Å². The van der Waals surface area contributed by atoms with Gasteiger partial charge < -0.3 is 15.3 Å². The number of hydrogen-bond acceptors (Lipinski definition) is 3. The van der Waals surface area contributed by atoms with E-state index in [1.165, 1.54) is 6.07 Å². The normalized spacial score (nSPS) is 19.6. The van der Waals surface area contributed by atoms with Gasteiger partial charge in [0.1, 0.15) is 5.82 Å². The lowest BCUT2D eigenvalue weighted by atomic mass is 9.92. The number of nitrogens with one attached hydrogen (secondary N) is 1. The summed E-state index contributed by atoms with van der Waals surface area (Å²) >= 11 is 0. The first-order valence-corrected chi connectivity index (χ1v) is 7.93. The van der Waals surface area contributed by atoms with Crippen molar-refractivity contribution in [3.63, 3.8) is 0 Å². The van der Waals surface area contributed by atoms with Crippen LogP contribution in [0.5, 0.6) is 0 Å². The van der Waals surface area contributed by atoms with Gasteiger partial charge in [-0.05, 0) is 63.4 Å². The van der Waals surface area contributed by atoms with Crippen LogP contribution in [0.3, 0.4) is 0 Å². The van der Waals surface area contributed by atoms with Crippen LogP contribution in [-0.4, -0.2) is 30.3 Å². The molecule has 0 bridgehead atoms. The average molecular weight is 294 g/mol. The van der Waals surface area contributed by atoms with Gasteiger partial charge in [-0.15, -0.1) is 0 Å². The van der Waals surface area contributed by atoms with Crippen molar-refractivity contribution in [3.05, 3.63) is 29.6 Å². The molecule has 2 rings (SSSR count). The van der Waals surface area contributed by atoms with E-state index in [0.717, 1.165) is 50.1 Å². The van der Waals surface area contributed by atoms with Gasteiger partial charge in [-0.2, -0.15) is 0 Å². The van der Waals surface area contributed by atoms with Crippen LogP contribution in [0, 0.1) is 5.82 Å². The summed E-state index contributed by atoms with van der Waals surface area (Å²) in [7, 11) is 0. The minimum atomic E-state index is -0.567. The minimum Gasteiger partial charge on any atom is -0.390 e. The standard InChI is InChI=1S/C17H27FN2O/c1-4-9-19-13(2)15-12-14(18)5-6-16(15)20-10-7-17(3,21)8-11-20/h5-6,12-13,19,21H,4,7-11H2,1-3H3. The van der Waals surface area contributed by atoms with Crippen molar-refractivity contribution in [2.24, 2.45) is 0 Å². The zero-order chi connectivity index (χ0) is 15.5. The molecule has 1 atom stereocenters. The van der Waals surface area contributed by atoms with Crippen LogP contribution >= 0.6 is 0 Å². The predicted octanol–water partition coefficient (Wildman–Crippen LogP) is 3.24. The average Bonchev–Trinajstić information content (AvgIpc) is 2.45. The van der Waals surface area contributed by atoms with Crippen LogP contribution < -0.4 is 10.2 Å². The van der Waals surface area contributed by atoms with E-state index in [4.69, 9.17) is 0 Å². The monoisotopic (exact) mass is 294 g/mol. The predicted molar refractivity (Wildman–Crippen MR) is 85.2 cm³/mol. The molecule has 1 aliphatic heterocycles. The zero-order valence-corrected chi connectivity index (χ0v) is 13.3. The van der Waals surface area contributed by atoms with E-state index in [0.29, 0.717) is 0 Å². The molecule has 1 unspecified atom stereocenters. The summed E-state index contributed by atoms with van der Waals surface area (Å²) in [4.78, 5) is 2.26. The highest BCUT2D eigenvalue weighted by atomic mass is 19.1. The molecule has 1 aliphatic rings. The quantitative estimate of drug-likeness (QED) is 0.875. The number of aliphatic hydroxyl groups is 1. The van der Waals surface area contributed by atoms with Crippen molar-refractivity contribution >= 4 is 5.69 Å². The molecule has 0 spiro atoms. The van der Waals surface area contributed by atoms with Gasteiger partial charge in [-0.1, -0.05) is 6.92 Å². The molecule has 1 heterocycles. The second kappa shape index (κ2) is 6.75. The maximum absolute atomic E-state index is 13.6. The summed E-state index contributed by atoms with van der Waals surface area (Å²) in [5, 5.41) is 13.5. The van der Waals surface area contributed by atoms with E-state index in [2.05, 4.69) is 24.1 Å². The summed E-state index contributed by atoms with van der Waals surface area (Å²) in [6.45, 7) is 8.64. The molecule has 4 heteroatoms. The highest BCUT2D eigenvalue weighted by Crippen LogP contribution is 2.31. The van der Waals surface area contributed by atoms with Crippen LogP contribution in [-0.2, 0) is 0 Å². The summed E-state index contributed by atoms with van der Waals surface area (Å²) in [5.41, 5.74) is 1.52. The van der Waals surface area contributed by atoms with E-state index in [9.17, 15) is 9.50 Å². The molecule has 1 aromatic rings. The first kappa shape index (κ1) is 16.2. The molecule has 118 valence electrons.